The first-order chi connectivity index (χ1) is 8.58. The number of hydrogen-bond acceptors (Lipinski definition) is 4. The molecule has 1 aliphatic rings. The van der Waals surface area contributed by atoms with Crippen LogP contribution in [0.5, 0.6) is 0 Å². The van der Waals surface area contributed by atoms with Gasteiger partial charge in [-0.15, -0.1) is 11.6 Å². The predicted octanol–water partition coefficient (Wildman–Crippen LogP) is 1.23. The van der Waals surface area contributed by atoms with Gasteiger partial charge in [-0.25, -0.2) is 0 Å². The van der Waals surface area contributed by atoms with Crippen LogP contribution < -0.4 is 5.32 Å². The molecule has 18 heavy (non-hydrogen) atoms. The van der Waals surface area contributed by atoms with E-state index in [1.807, 2.05) is 0 Å². The van der Waals surface area contributed by atoms with Crippen LogP contribution in [0.1, 0.15) is 19.8 Å². The quantitative estimate of drug-likeness (QED) is 0.818. The second-order valence-corrected chi connectivity index (χ2v) is 4.90. The lowest BCUT2D eigenvalue weighted by Crippen LogP contribution is -2.42. The smallest absolute Gasteiger partial charge is 0.245 e. The van der Waals surface area contributed by atoms with Crippen LogP contribution in [0.15, 0.2) is 16.9 Å². The zero-order chi connectivity index (χ0) is 13.1. The molecular formula is C11H14ClN3O3. The molecule has 1 fully saturated rings. The number of alkyl halides is 1. The Hall–Kier alpha value is -1.56. The largest absolute Gasteiger partial charge is 0.363 e. The second-order valence-electron chi connectivity index (χ2n) is 4.25. The molecule has 7 heteroatoms. The number of hydrogen-bond donors (Lipinski definition) is 1. The Labute approximate surface area is 109 Å². The number of halogens is 1. The molecule has 0 aliphatic heterocycles. The van der Waals surface area contributed by atoms with Crippen LogP contribution in [0.2, 0.25) is 0 Å². The van der Waals surface area contributed by atoms with Gasteiger partial charge >= 0.3 is 0 Å². The minimum absolute atomic E-state index is 0.00653. The van der Waals surface area contributed by atoms with Crippen molar-refractivity contribution in [2.24, 2.45) is 0 Å². The van der Waals surface area contributed by atoms with Crippen molar-refractivity contribution in [1.29, 1.82) is 0 Å². The monoisotopic (exact) mass is 271 g/mol. The number of carbonyl (C=O) groups excluding carboxylic acids is 2. The fourth-order valence-electron chi connectivity index (χ4n) is 1.62. The minimum atomic E-state index is -0.620. The van der Waals surface area contributed by atoms with E-state index in [2.05, 4.69) is 15.0 Å². The van der Waals surface area contributed by atoms with Gasteiger partial charge in [0, 0.05) is 12.1 Å². The fraction of sp³-hybridized carbons (Fsp3) is 0.545. The molecule has 1 heterocycles. The van der Waals surface area contributed by atoms with E-state index in [1.165, 1.54) is 17.2 Å². The van der Waals surface area contributed by atoms with Gasteiger partial charge in [-0.3, -0.25) is 9.59 Å². The minimum Gasteiger partial charge on any atom is -0.363 e. The number of nitrogens with zero attached hydrogens (tertiary/aromatic N) is 2. The maximum absolute atomic E-state index is 11.8. The Bertz CT molecular complexity index is 429. The van der Waals surface area contributed by atoms with Crippen LogP contribution in [-0.2, 0) is 9.59 Å². The van der Waals surface area contributed by atoms with Gasteiger partial charge in [0.25, 0.3) is 0 Å². The Morgan fingerprint density at radius 3 is 2.89 bits per heavy atom. The molecule has 1 unspecified atom stereocenters. The molecule has 1 saturated carbocycles. The van der Waals surface area contributed by atoms with Gasteiger partial charge in [-0.05, 0) is 19.8 Å². The average Bonchev–Trinajstić information content (AvgIpc) is 3.04. The SMILES string of the molecule is CC(Cl)C(=O)N(CC(=O)Nc1ccon1)C1CC1. The summed E-state index contributed by atoms with van der Waals surface area (Å²) in [7, 11) is 0. The molecule has 2 amide bonds. The van der Waals surface area contributed by atoms with Gasteiger partial charge in [0.2, 0.25) is 11.8 Å². The molecule has 1 aromatic heterocycles. The molecule has 98 valence electrons. The fourth-order valence-corrected chi connectivity index (χ4v) is 1.74. The third-order valence-electron chi connectivity index (χ3n) is 2.63. The van der Waals surface area contributed by atoms with E-state index >= 15 is 0 Å². The highest BCUT2D eigenvalue weighted by Crippen LogP contribution is 2.27. The van der Waals surface area contributed by atoms with Crippen molar-refractivity contribution in [3.05, 3.63) is 12.3 Å². The van der Waals surface area contributed by atoms with Gasteiger partial charge in [0.1, 0.15) is 18.2 Å². The molecule has 1 atom stereocenters. The van der Waals surface area contributed by atoms with Crippen molar-refractivity contribution < 1.29 is 14.1 Å². The summed E-state index contributed by atoms with van der Waals surface area (Å²) in [5.74, 6) is -0.182. The third kappa shape index (κ3) is 3.22. The van der Waals surface area contributed by atoms with E-state index in [0.717, 1.165) is 12.8 Å². The first kappa shape index (κ1) is 12.9. The molecule has 0 radical (unpaired) electrons. The van der Waals surface area contributed by atoms with Crippen LogP contribution in [0.25, 0.3) is 0 Å². The Kier molecular flexibility index (Phi) is 3.86. The number of anilines is 1. The molecular weight excluding hydrogens is 258 g/mol. The van der Waals surface area contributed by atoms with Gasteiger partial charge in [-0.2, -0.15) is 0 Å². The Morgan fingerprint density at radius 1 is 1.67 bits per heavy atom. The van der Waals surface area contributed by atoms with E-state index in [4.69, 9.17) is 11.6 Å². The summed E-state index contributed by atoms with van der Waals surface area (Å²) in [4.78, 5) is 25.1. The van der Waals surface area contributed by atoms with Crippen molar-refractivity contribution in [3.63, 3.8) is 0 Å². The van der Waals surface area contributed by atoms with Gasteiger partial charge in [0.05, 0.1) is 0 Å². The van der Waals surface area contributed by atoms with Crippen molar-refractivity contribution in [3.8, 4) is 0 Å². The number of carbonyl (C=O) groups is 2. The van der Waals surface area contributed by atoms with Gasteiger partial charge in [-0.1, -0.05) is 5.16 Å². The summed E-state index contributed by atoms with van der Waals surface area (Å²) in [6.07, 6.45) is 3.21. The lowest BCUT2D eigenvalue weighted by Gasteiger charge is -2.22. The van der Waals surface area contributed by atoms with E-state index in [9.17, 15) is 9.59 Å². The zero-order valence-corrected chi connectivity index (χ0v) is 10.7. The first-order valence-electron chi connectivity index (χ1n) is 5.72. The lowest BCUT2D eigenvalue weighted by molar-refractivity contribution is -0.134. The average molecular weight is 272 g/mol. The van der Waals surface area contributed by atoms with Crippen LogP contribution in [0, 0.1) is 0 Å². The number of rotatable bonds is 5. The highest BCUT2D eigenvalue weighted by atomic mass is 35.5. The summed E-state index contributed by atoms with van der Waals surface area (Å²) in [5, 5.41) is 5.50. The van der Waals surface area contributed by atoms with Crippen LogP contribution in [-0.4, -0.2) is 39.8 Å². The van der Waals surface area contributed by atoms with E-state index in [-0.39, 0.29) is 24.4 Å². The Balaban J connectivity index is 1.92. The molecule has 2 rings (SSSR count). The zero-order valence-electron chi connectivity index (χ0n) is 9.93. The summed E-state index contributed by atoms with van der Waals surface area (Å²) in [6, 6.07) is 1.67. The molecule has 1 aliphatic carbocycles. The molecule has 0 bridgehead atoms. The lowest BCUT2D eigenvalue weighted by atomic mass is 10.3. The van der Waals surface area contributed by atoms with Crippen molar-refractivity contribution >= 4 is 29.2 Å². The highest BCUT2D eigenvalue weighted by Gasteiger charge is 2.35. The normalized spacial score (nSPS) is 16.1. The number of nitrogens with one attached hydrogen (secondary N) is 1. The molecule has 1 aromatic rings. The summed E-state index contributed by atoms with van der Waals surface area (Å²) in [6.45, 7) is 1.60. The number of amides is 2. The summed E-state index contributed by atoms with van der Waals surface area (Å²) >= 11 is 5.77. The number of aromatic nitrogens is 1. The van der Waals surface area contributed by atoms with E-state index in [0.29, 0.717) is 5.82 Å². The molecule has 0 saturated heterocycles. The second kappa shape index (κ2) is 5.39. The van der Waals surface area contributed by atoms with E-state index < -0.39 is 5.38 Å². The van der Waals surface area contributed by atoms with Crippen molar-refractivity contribution in [1.82, 2.24) is 10.1 Å². The predicted molar refractivity (Wildman–Crippen MR) is 65.2 cm³/mol. The van der Waals surface area contributed by atoms with Crippen molar-refractivity contribution in [2.45, 2.75) is 31.2 Å². The van der Waals surface area contributed by atoms with E-state index in [1.54, 1.807) is 6.92 Å². The van der Waals surface area contributed by atoms with Gasteiger partial charge < -0.3 is 14.7 Å². The highest BCUT2D eigenvalue weighted by molar-refractivity contribution is 6.30. The maximum atomic E-state index is 11.8. The summed E-state index contributed by atoms with van der Waals surface area (Å²) in [5.41, 5.74) is 0. The third-order valence-corrected chi connectivity index (χ3v) is 2.82. The van der Waals surface area contributed by atoms with Crippen LogP contribution in [0.4, 0.5) is 5.82 Å². The topological polar surface area (TPSA) is 75.4 Å². The van der Waals surface area contributed by atoms with Crippen LogP contribution >= 0.6 is 11.6 Å². The molecule has 6 nitrogen and oxygen atoms in total. The molecule has 0 spiro atoms. The standard InChI is InChI=1S/C11H14ClN3O3/c1-7(12)11(17)15(8-2-3-8)6-10(16)13-9-4-5-18-14-9/h4-5,7-8H,2-3,6H2,1H3,(H,13,14,16). The Morgan fingerprint density at radius 2 is 2.39 bits per heavy atom. The molecule has 1 N–H and O–H groups in total. The maximum Gasteiger partial charge on any atom is 0.245 e. The van der Waals surface area contributed by atoms with Crippen LogP contribution in [0.3, 0.4) is 0 Å². The summed E-state index contributed by atoms with van der Waals surface area (Å²) < 4.78 is 4.60. The van der Waals surface area contributed by atoms with Gasteiger partial charge in [0.15, 0.2) is 5.82 Å². The van der Waals surface area contributed by atoms with Crippen molar-refractivity contribution in [2.75, 3.05) is 11.9 Å². The molecule has 0 aromatic carbocycles. The first-order valence-corrected chi connectivity index (χ1v) is 6.16.